The summed E-state index contributed by atoms with van der Waals surface area (Å²) in [6, 6.07) is 11.8. The minimum Gasteiger partial charge on any atom is -0.393 e. The smallest absolute Gasteiger partial charge is 0.393 e. The van der Waals surface area contributed by atoms with Gasteiger partial charge in [-0.3, -0.25) is 14.4 Å². The molecule has 0 saturated carbocycles. The van der Waals surface area contributed by atoms with Gasteiger partial charge in [-0.2, -0.15) is 13.2 Å². The van der Waals surface area contributed by atoms with Crippen molar-refractivity contribution in [2.75, 3.05) is 0 Å². The summed E-state index contributed by atoms with van der Waals surface area (Å²) < 4.78 is 41.9. The minimum atomic E-state index is -4.56. The van der Waals surface area contributed by atoms with E-state index in [9.17, 15) is 27.6 Å². The number of aromatic nitrogens is 1. The number of benzene rings is 2. The topological polar surface area (TPSA) is 105 Å². The van der Waals surface area contributed by atoms with Crippen LogP contribution in [0.2, 0.25) is 0 Å². The van der Waals surface area contributed by atoms with Crippen LogP contribution in [-0.4, -0.2) is 33.0 Å². The molecule has 2 aromatic carbocycles. The summed E-state index contributed by atoms with van der Waals surface area (Å²) in [4.78, 5) is 45.6. The summed E-state index contributed by atoms with van der Waals surface area (Å²) in [6.07, 6.45) is -2.00. The van der Waals surface area contributed by atoms with Crippen LogP contribution in [0.4, 0.5) is 13.2 Å². The van der Waals surface area contributed by atoms with Gasteiger partial charge in [0.1, 0.15) is 11.3 Å². The number of rotatable bonds is 13. The highest BCUT2D eigenvalue weighted by atomic mass is 32.1. The van der Waals surface area contributed by atoms with Crippen molar-refractivity contribution in [2.24, 2.45) is 29.4 Å². The summed E-state index contributed by atoms with van der Waals surface area (Å²) in [7, 11) is 0. The van der Waals surface area contributed by atoms with Crippen LogP contribution >= 0.6 is 12.2 Å². The van der Waals surface area contributed by atoms with E-state index in [1.165, 1.54) is 6.07 Å². The zero-order chi connectivity index (χ0) is 34.3. The van der Waals surface area contributed by atoms with E-state index >= 15 is 0 Å². The van der Waals surface area contributed by atoms with Crippen LogP contribution in [0.3, 0.4) is 0 Å². The summed E-state index contributed by atoms with van der Waals surface area (Å²) in [5.41, 5.74) is 7.26. The average molecular weight is 668 g/mol. The summed E-state index contributed by atoms with van der Waals surface area (Å²) >= 11 is 5.36. The first kappa shape index (κ1) is 34.8. The van der Waals surface area contributed by atoms with E-state index in [0.29, 0.717) is 29.5 Å². The average Bonchev–Trinajstić information content (AvgIpc) is 3.39. The Hall–Kier alpha value is -3.53. The van der Waals surface area contributed by atoms with Crippen molar-refractivity contribution in [1.82, 2.24) is 10.3 Å². The summed E-state index contributed by atoms with van der Waals surface area (Å²) in [6.45, 7) is 7.86. The summed E-state index contributed by atoms with van der Waals surface area (Å²) in [5, 5.41) is 3.51. The number of H-pyrrole nitrogens is 1. The van der Waals surface area contributed by atoms with Crippen LogP contribution in [0.15, 0.2) is 42.5 Å². The van der Waals surface area contributed by atoms with Crippen LogP contribution in [-0.2, 0) is 39.8 Å². The molecule has 47 heavy (non-hydrogen) atoms. The Morgan fingerprint density at radius 2 is 1.70 bits per heavy atom. The van der Waals surface area contributed by atoms with E-state index in [-0.39, 0.29) is 77.8 Å². The summed E-state index contributed by atoms with van der Waals surface area (Å²) in [5.74, 6) is -2.10. The lowest BCUT2D eigenvalue weighted by atomic mass is 9.71. The first-order chi connectivity index (χ1) is 22.2. The second-order valence-electron chi connectivity index (χ2n) is 13.7. The van der Waals surface area contributed by atoms with E-state index in [0.717, 1.165) is 23.6 Å². The molecule has 3 aromatic rings. The number of carbonyl (C=O) groups excluding carboxylic acids is 3. The van der Waals surface area contributed by atoms with Crippen molar-refractivity contribution in [1.29, 1.82) is 0 Å². The Bertz CT molecular complexity index is 1700. The highest BCUT2D eigenvalue weighted by Gasteiger charge is 2.47. The molecule has 1 heterocycles. The highest BCUT2D eigenvalue weighted by Crippen LogP contribution is 2.42. The number of halogens is 3. The predicted octanol–water partition coefficient (Wildman–Crippen LogP) is 7.40. The lowest BCUT2D eigenvalue weighted by Crippen LogP contribution is -2.60. The number of ketones is 2. The Kier molecular flexibility index (Phi) is 10.0. The van der Waals surface area contributed by atoms with Crippen molar-refractivity contribution in [3.63, 3.8) is 0 Å². The van der Waals surface area contributed by atoms with Crippen molar-refractivity contribution in [3.05, 3.63) is 70.4 Å². The lowest BCUT2D eigenvalue weighted by molar-refractivity contribution is -0.138. The number of nitrogens with one attached hydrogen (secondary N) is 2. The number of thiocarbonyl (C=S) groups is 1. The number of nitrogens with two attached hydrogens (primary N) is 1. The predicted molar refractivity (Wildman–Crippen MR) is 181 cm³/mol. The molecule has 0 radical (unpaired) electrons. The Morgan fingerprint density at radius 1 is 1.02 bits per heavy atom. The molecule has 0 saturated heterocycles. The molecule has 3 unspecified atom stereocenters. The SMILES string of the molecule is CCC(C)[C@H](CC(=O)C1Cc2ccccc21)C(=O)N[C@]1(C(=O)C[C@H](C(N)=S)C(C)CC)CCc2[nH]c3c(C(F)(F)F)cccc3c2C1. The number of aromatic amines is 1. The Balaban J connectivity index is 1.50. The number of hydrogen-bond donors (Lipinski definition) is 3. The molecular formula is C37H44F3N3O3S. The van der Waals surface area contributed by atoms with Gasteiger partial charge in [0, 0.05) is 48.1 Å². The molecule has 5 rings (SSSR count). The molecule has 4 N–H and O–H groups in total. The van der Waals surface area contributed by atoms with Crippen molar-refractivity contribution in [2.45, 2.75) is 96.7 Å². The first-order valence-electron chi connectivity index (χ1n) is 16.6. The van der Waals surface area contributed by atoms with Gasteiger partial charge in [-0.15, -0.1) is 0 Å². The second-order valence-corrected chi connectivity index (χ2v) is 14.2. The number of carbonyl (C=O) groups is 3. The normalized spacial score (nSPS) is 21.5. The number of Topliss-reactive ketones (excluding diaryl/α,β-unsaturated/α-hetero) is 2. The first-order valence-corrected chi connectivity index (χ1v) is 17.1. The maximum absolute atomic E-state index is 14.5. The van der Waals surface area contributed by atoms with Gasteiger partial charge in [0.25, 0.3) is 0 Å². The quantitative estimate of drug-likeness (QED) is 0.165. The molecular weight excluding hydrogens is 623 g/mol. The molecule has 252 valence electrons. The van der Waals surface area contributed by atoms with E-state index in [1.54, 1.807) is 6.07 Å². The highest BCUT2D eigenvalue weighted by molar-refractivity contribution is 7.80. The fraction of sp³-hybridized carbons (Fsp3) is 0.514. The maximum atomic E-state index is 14.5. The molecule has 0 bridgehead atoms. The second kappa shape index (κ2) is 13.5. The number of alkyl halides is 3. The zero-order valence-electron chi connectivity index (χ0n) is 27.4. The van der Waals surface area contributed by atoms with Crippen LogP contribution in [0.5, 0.6) is 0 Å². The zero-order valence-corrected chi connectivity index (χ0v) is 28.2. The minimum absolute atomic E-state index is 0.00188. The molecule has 0 fully saturated rings. The molecule has 0 spiro atoms. The molecule has 6 atom stereocenters. The van der Waals surface area contributed by atoms with E-state index in [1.807, 2.05) is 52.0 Å². The number of aryl methyl sites for hydroxylation is 1. The van der Waals surface area contributed by atoms with E-state index in [4.69, 9.17) is 18.0 Å². The molecule has 0 aliphatic heterocycles. The third-order valence-electron chi connectivity index (χ3n) is 10.9. The van der Waals surface area contributed by atoms with Gasteiger partial charge in [-0.25, -0.2) is 0 Å². The fourth-order valence-electron chi connectivity index (χ4n) is 7.45. The van der Waals surface area contributed by atoms with Crippen LogP contribution < -0.4 is 11.1 Å². The number of para-hydroxylation sites is 1. The van der Waals surface area contributed by atoms with Crippen molar-refractivity contribution in [3.8, 4) is 0 Å². The maximum Gasteiger partial charge on any atom is 0.418 e. The molecule has 2 aliphatic rings. The largest absolute Gasteiger partial charge is 0.418 e. The molecule has 10 heteroatoms. The van der Waals surface area contributed by atoms with Gasteiger partial charge in [-0.05, 0) is 53.9 Å². The van der Waals surface area contributed by atoms with Crippen LogP contribution in [0.1, 0.15) is 93.7 Å². The van der Waals surface area contributed by atoms with Gasteiger partial charge in [0.2, 0.25) is 5.91 Å². The Morgan fingerprint density at radius 3 is 2.34 bits per heavy atom. The van der Waals surface area contributed by atoms with E-state index in [2.05, 4.69) is 10.3 Å². The monoisotopic (exact) mass is 667 g/mol. The molecule has 6 nitrogen and oxygen atoms in total. The third kappa shape index (κ3) is 6.76. The molecule has 2 aliphatic carbocycles. The number of fused-ring (bicyclic) bond motifs is 4. The standard InChI is InChI=1S/C37H44F3N3O3S/c1-5-20(3)25(34(41)47)18-32(45)36(15-14-30-28(19-36)24-12-9-13-29(33(24)42-30)37(38,39)40)43-35(46)26(21(4)6-2)17-31(44)27-16-22-10-7-8-11-23(22)27/h7-13,20-21,25-27,42H,5-6,14-19H2,1-4H3,(H2,41,47)(H,43,46)/t20?,21?,25-,26-,27?,36+/m0/s1. The third-order valence-corrected chi connectivity index (χ3v) is 11.2. The lowest BCUT2D eigenvalue weighted by Gasteiger charge is -2.40. The molecule has 1 aromatic heterocycles. The number of amides is 1. The fourth-order valence-corrected chi connectivity index (χ4v) is 7.77. The Labute approximate surface area is 279 Å². The van der Waals surface area contributed by atoms with E-state index < -0.39 is 29.1 Å². The van der Waals surface area contributed by atoms with Crippen molar-refractivity contribution >= 4 is 45.6 Å². The van der Waals surface area contributed by atoms with Crippen LogP contribution in [0, 0.1) is 23.7 Å². The van der Waals surface area contributed by atoms with Gasteiger partial charge in [-0.1, -0.05) is 89.2 Å². The van der Waals surface area contributed by atoms with Gasteiger partial charge >= 0.3 is 6.18 Å². The number of hydrogen-bond acceptors (Lipinski definition) is 4. The van der Waals surface area contributed by atoms with Gasteiger partial charge in [0.15, 0.2) is 5.78 Å². The molecule has 1 amide bonds. The van der Waals surface area contributed by atoms with Gasteiger partial charge in [0.05, 0.1) is 16.1 Å². The van der Waals surface area contributed by atoms with Gasteiger partial charge < -0.3 is 16.0 Å². The van der Waals surface area contributed by atoms with Crippen LogP contribution in [0.25, 0.3) is 10.9 Å². The van der Waals surface area contributed by atoms with Crippen molar-refractivity contribution < 1.29 is 27.6 Å².